The van der Waals surface area contributed by atoms with E-state index in [1.54, 1.807) is 6.20 Å². The molecule has 1 spiro atoms. The summed E-state index contributed by atoms with van der Waals surface area (Å²) in [7, 11) is 0. The van der Waals surface area contributed by atoms with Crippen molar-refractivity contribution in [2.24, 2.45) is 0 Å². The topological polar surface area (TPSA) is 59.2 Å². The first-order valence-corrected chi connectivity index (χ1v) is 11.3. The van der Waals surface area contributed by atoms with Crippen LogP contribution in [-0.4, -0.2) is 50.6 Å². The minimum absolute atomic E-state index is 0.000817. The van der Waals surface area contributed by atoms with Gasteiger partial charge in [-0.05, 0) is 62.1 Å². The maximum atomic E-state index is 10.2. The first-order valence-electron chi connectivity index (χ1n) is 11.0. The highest BCUT2D eigenvalue weighted by Crippen LogP contribution is 2.41. The molecule has 1 unspecified atom stereocenters. The molecule has 2 aromatic heterocycles. The van der Waals surface area contributed by atoms with Crippen molar-refractivity contribution in [2.45, 2.75) is 57.6 Å². The zero-order chi connectivity index (χ0) is 21.6. The van der Waals surface area contributed by atoms with E-state index in [1.165, 1.54) is 5.56 Å². The van der Waals surface area contributed by atoms with Crippen LogP contribution in [0.25, 0.3) is 16.8 Å². The number of benzene rings is 1. The molecule has 1 aromatic carbocycles. The Kier molecular flexibility index (Phi) is 5.42. The third-order valence-electron chi connectivity index (χ3n) is 6.47. The average molecular weight is 442 g/mol. The van der Waals surface area contributed by atoms with Gasteiger partial charge in [0.2, 0.25) is 6.41 Å². The number of aryl methyl sites for hydroxylation is 1. The number of fused-ring (bicyclic) bond motifs is 2. The molecule has 2 aliphatic rings. The fourth-order valence-corrected chi connectivity index (χ4v) is 5.01. The number of aliphatic hydroxyl groups is 1. The predicted molar refractivity (Wildman–Crippen MR) is 120 cm³/mol. The molecule has 0 bridgehead atoms. The summed E-state index contributed by atoms with van der Waals surface area (Å²) >= 11 is 6.64. The molecule has 4 heterocycles. The van der Waals surface area contributed by atoms with Crippen LogP contribution < -0.4 is 4.74 Å². The van der Waals surface area contributed by atoms with Gasteiger partial charge in [-0.25, -0.2) is 4.98 Å². The monoisotopic (exact) mass is 441 g/mol. The number of likely N-dealkylation sites (tertiary alicyclic amines) is 1. The summed E-state index contributed by atoms with van der Waals surface area (Å²) in [6, 6.07) is 10.4. The Hall–Kier alpha value is -2.12. The third kappa shape index (κ3) is 3.94. The van der Waals surface area contributed by atoms with Crippen LogP contribution in [-0.2, 0) is 11.2 Å². The summed E-state index contributed by atoms with van der Waals surface area (Å²) in [4.78, 5) is 6.28. The van der Waals surface area contributed by atoms with E-state index in [-0.39, 0.29) is 11.7 Å². The molecule has 1 N–H and O–H groups in total. The van der Waals surface area contributed by atoms with E-state index >= 15 is 0 Å². The average Bonchev–Trinajstić information content (AvgIpc) is 3.24. The summed E-state index contributed by atoms with van der Waals surface area (Å²) in [6.45, 7) is 5.40. The lowest BCUT2D eigenvalue weighted by atomic mass is 9.82. The number of aromatic nitrogens is 2. The molecule has 1 atom stereocenters. The lowest BCUT2D eigenvalue weighted by molar-refractivity contribution is -0.222. The van der Waals surface area contributed by atoms with Crippen LogP contribution in [0.4, 0.5) is 0 Å². The molecule has 2 aliphatic heterocycles. The second kappa shape index (κ2) is 8.10. The van der Waals surface area contributed by atoms with Crippen molar-refractivity contribution in [1.82, 2.24) is 14.3 Å². The molecule has 5 rings (SSSR count). The second-order valence-electron chi connectivity index (χ2n) is 8.85. The molecule has 0 saturated carbocycles. The van der Waals surface area contributed by atoms with Crippen molar-refractivity contribution in [3.63, 3.8) is 0 Å². The first-order chi connectivity index (χ1) is 14.9. The van der Waals surface area contributed by atoms with E-state index < -0.39 is 6.41 Å². The van der Waals surface area contributed by atoms with Crippen molar-refractivity contribution >= 4 is 17.2 Å². The van der Waals surface area contributed by atoms with Crippen molar-refractivity contribution in [3.8, 4) is 16.9 Å². The number of pyridine rings is 1. The van der Waals surface area contributed by atoms with Gasteiger partial charge in [0.25, 0.3) is 0 Å². The Morgan fingerprint density at radius 1 is 1.16 bits per heavy atom. The number of nitrogens with zero attached hydrogens (tertiary/aromatic N) is 3. The molecule has 0 amide bonds. The molecular formula is C24H28ClN3O3. The lowest BCUT2D eigenvalue weighted by Crippen LogP contribution is -2.53. The first kappa shape index (κ1) is 20.8. The van der Waals surface area contributed by atoms with Gasteiger partial charge >= 0.3 is 0 Å². The van der Waals surface area contributed by atoms with Crippen molar-refractivity contribution in [3.05, 3.63) is 53.4 Å². The van der Waals surface area contributed by atoms with Gasteiger partial charge in [0.05, 0.1) is 6.10 Å². The molecule has 1 saturated heterocycles. The molecule has 31 heavy (non-hydrogen) atoms. The van der Waals surface area contributed by atoms with Crippen LogP contribution in [0.15, 0.2) is 42.7 Å². The molecule has 0 radical (unpaired) electrons. The Balaban J connectivity index is 1.32. The highest BCUT2D eigenvalue weighted by Gasteiger charge is 2.40. The van der Waals surface area contributed by atoms with E-state index in [0.29, 0.717) is 5.15 Å². The van der Waals surface area contributed by atoms with E-state index in [4.69, 9.17) is 21.1 Å². The van der Waals surface area contributed by atoms with Gasteiger partial charge in [-0.1, -0.05) is 17.7 Å². The minimum Gasteiger partial charge on any atom is -0.487 e. The SMILES string of the molecule is CC(C)OC(O)N1CCC2(CCc3cc(-c4ccc5nccn5c4Cl)ccc3O2)CC1. The number of halogens is 1. The van der Waals surface area contributed by atoms with E-state index in [9.17, 15) is 5.11 Å². The molecule has 7 heteroatoms. The van der Waals surface area contributed by atoms with Crippen LogP contribution >= 0.6 is 11.6 Å². The third-order valence-corrected chi connectivity index (χ3v) is 6.85. The standard InChI is InChI=1S/C24H28ClN3O3/c1-16(2)30-23(29)27-12-9-24(10-13-27)8-7-18-15-17(3-5-20(18)31-24)19-4-6-21-26-11-14-28(21)22(19)25/h3-6,11,14-16,23,29H,7-10,12-13H2,1-2H3. The van der Waals surface area contributed by atoms with Gasteiger partial charge in [0.1, 0.15) is 22.2 Å². The van der Waals surface area contributed by atoms with Crippen molar-refractivity contribution in [2.75, 3.05) is 13.1 Å². The lowest BCUT2D eigenvalue weighted by Gasteiger charge is -2.45. The maximum absolute atomic E-state index is 10.2. The van der Waals surface area contributed by atoms with E-state index in [1.807, 2.05) is 41.5 Å². The van der Waals surface area contributed by atoms with Gasteiger partial charge < -0.3 is 14.6 Å². The zero-order valence-electron chi connectivity index (χ0n) is 17.9. The molecule has 3 aromatic rings. The van der Waals surface area contributed by atoms with E-state index in [0.717, 1.165) is 61.3 Å². The number of aliphatic hydroxyl groups excluding tert-OH is 1. The van der Waals surface area contributed by atoms with Gasteiger partial charge in [0.15, 0.2) is 0 Å². The number of rotatable bonds is 4. The van der Waals surface area contributed by atoms with Crippen LogP contribution in [0.1, 0.15) is 38.7 Å². The predicted octanol–water partition coefficient (Wildman–Crippen LogP) is 4.52. The summed E-state index contributed by atoms with van der Waals surface area (Å²) < 4.78 is 14.0. The maximum Gasteiger partial charge on any atom is 0.216 e. The molecule has 164 valence electrons. The fourth-order valence-electron chi connectivity index (χ4n) is 4.70. The highest BCUT2D eigenvalue weighted by molar-refractivity contribution is 6.32. The van der Waals surface area contributed by atoms with Crippen molar-refractivity contribution in [1.29, 1.82) is 0 Å². The summed E-state index contributed by atoms with van der Waals surface area (Å²) in [6.07, 6.45) is 6.51. The molecule has 0 aliphatic carbocycles. The number of ether oxygens (including phenoxy) is 2. The Labute approximate surface area is 187 Å². The van der Waals surface area contributed by atoms with Crippen LogP contribution in [0.5, 0.6) is 5.75 Å². The van der Waals surface area contributed by atoms with Gasteiger partial charge in [0, 0.05) is 43.9 Å². The van der Waals surface area contributed by atoms with Crippen LogP contribution in [0.2, 0.25) is 5.15 Å². The number of hydrogen-bond donors (Lipinski definition) is 1. The van der Waals surface area contributed by atoms with Gasteiger partial charge in [-0.2, -0.15) is 0 Å². The second-order valence-corrected chi connectivity index (χ2v) is 9.21. The minimum atomic E-state index is -0.839. The fraction of sp³-hybridized carbons (Fsp3) is 0.458. The quantitative estimate of drug-likeness (QED) is 0.476. The Morgan fingerprint density at radius 3 is 2.74 bits per heavy atom. The summed E-state index contributed by atoms with van der Waals surface area (Å²) in [5.41, 5.74) is 3.98. The summed E-state index contributed by atoms with van der Waals surface area (Å²) in [5, 5.41) is 10.9. The van der Waals surface area contributed by atoms with Crippen LogP contribution in [0.3, 0.4) is 0 Å². The number of piperidine rings is 1. The number of imidazole rings is 1. The highest BCUT2D eigenvalue weighted by atomic mass is 35.5. The molecule has 6 nitrogen and oxygen atoms in total. The van der Waals surface area contributed by atoms with Crippen molar-refractivity contribution < 1.29 is 14.6 Å². The smallest absolute Gasteiger partial charge is 0.216 e. The van der Waals surface area contributed by atoms with Crippen LogP contribution in [0, 0.1) is 0 Å². The molecule has 1 fully saturated rings. The Morgan fingerprint density at radius 2 is 1.97 bits per heavy atom. The van der Waals surface area contributed by atoms with E-state index in [2.05, 4.69) is 23.2 Å². The Bertz CT molecular complexity index is 1090. The van der Waals surface area contributed by atoms with Gasteiger partial charge in [-0.3, -0.25) is 9.30 Å². The van der Waals surface area contributed by atoms with Gasteiger partial charge in [-0.15, -0.1) is 0 Å². The number of hydrogen-bond acceptors (Lipinski definition) is 5. The summed E-state index contributed by atoms with van der Waals surface area (Å²) in [5.74, 6) is 0.960. The zero-order valence-corrected chi connectivity index (χ0v) is 18.7. The molecular weight excluding hydrogens is 414 g/mol. The normalized spacial score (nSPS) is 19.5. The largest absolute Gasteiger partial charge is 0.487 e.